The summed E-state index contributed by atoms with van der Waals surface area (Å²) >= 11 is 0. The molecule has 1 aromatic heterocycles. The van der Waals surface area contributed by atoms with E-state index in [-0.39, 0.29) is 6.10 Å². The zero-order valence-electron chi connectivity index (χ0n) is 11.8. The molecule has 0 saturated carbocycles. The SMILES string of the molecule is CCNCc1cc(C)nc(OC(C)COCC)c1. The molecule has 0 bridgehead atoms. The molecule has 0 radical (unpaired) electrons. The molecule has 4 nitrogen and oxygen atoms in total. The van der Waals surface area contributed by atoms with Gasteiger partial charge in [-0.3, -0.25) is 0 Å². The minimum absolute atomic E-state index is 0.0197. The van der Waals surface area contributed by atoms with Crippen molar-refractivity contribution >= 4 is 0 Å². The van der Waals surface area contributed by atoms with Crippen LogP contribution in [0.15, 0.2) is 12.1 Å². The molecule has 1 rings (SSSR count). The quantitative estimate of drug-likeness (QED) is 0.771. The van der Waals surface area contributed by atoms with E-state index in [9.17, 15) is 0 Å². The number of rotatable bonds is 8. The average Bonchev–Trinajstić information content (AvgIpc) is 2.33. The highest BCUT2D eigenvalue weighted by Gasteiger charge is 2.07. The zero-order chi connectivity index (χ0) is 13.4. The second kappa shape index (κ2) is 8.06. The van der Waals surface area contributed by atoms with E-state index in [0.717, 1.165) is 18.8 Å². The summed E-state index contributed by atoms with van der Waals surface area (Å²) in [5.74, 6) is 0.676. The molecule has 0 aliphatic heterocycles. The number of ether oxygens (including phenoxy) is 2. The van der Waals surface area contributed by atoms with Crippen LogP contribution in [0.1, 0.15) is 32.0 Å². The zero-order valence-corrected chi connectivity index (χ0v) is 11.8. The van der Waals surface area contributed by atoms with Gasteiger partial charge in [0, 0.05) is 24.9 Å². The second-order valence-electron chi connectivity index (χ2n) is 4.32. The number of nitrogens with one attached hydrogen (secondary N) is 1. The van der Waals surface area contributed by atoms with Crippen LogP contribution in [0.2, 0.25) is 0 Å². The highest BCUT2D eigenvalue weighted by Crippen LogP contribution is 2.14. The fourth-order valence-electron chi connectivity index (χ4n) is 1.66. The highest BCUT2D eigenvalue weighted by molar-refractivity contribution is 5.24. The predicted molar refractivity (Wildman–Crippen MR) is 72.9 cm³/mol. The van der Waals surface area contributed by atoms with E-state index < -0.39 is 0 Å². The van der Waals surface area contributed by atoms with Gasteiger partial charge in [-0.05, 0) is 38.9 Å². The lowest BCUT2D eigenvalue weighted by molar-refractivity contribution is 0.0632. The Balaban J connectivity index is 2.61. The lowest BCUT2D eigenvalue weighted by atomic mass is 10.2. The number of nitrogens with zero attached hydrogens (tertiary/aromatic N) is 1. The normalized spacial score (nSPS) is 12.4. The summed E-state index contributed by atoms with van der Waals surface area (Å²) in [7, 11) is 0. The van der Waals surface area contributed by atoms with Gasteiger partial charge in [-0.25, -0.2) is 4.98 Å². The monoisotopic (exact) mass is 252 g/mol. The minimum atomic E-state index is 0.0197. The van der Waals surface area contributed by atoms with Crippen LogP contribution in [0.25, 0.3) is 0 Å². The highest BCUT2D eigenvalue weighted by atomic mass is 16.5. The molecule has 1 atom stereocenters. The van der Waals surface area contributed by atoms with Crippen LogP contribution in [-0.4, -0.2) is 30.8 Å². The van der Waals surface area contributed by atoms with Crippen molar-refractivity contribution in [1.29, 1.82) is 0 Å². The van der Waals surface area contributed by atoms with Crippen molar-refractivity contribution in [3.63, 3.8) is 0 Å². The third-order valence-electron chi connectivity index (χ3n) is 2.45. The van der Waals surface area contributed by atoms with Crippen LogP contribution in [-0.2, 0) is 11.3 Å². The van der Waals surface area contributed by atoms with Gasteiger partial charge in [0.1, 0.15) is 6.10 Å². The summed E-state index contributed by atoms with van der Waals surface area (Å²) in [5, 5.41) is 3.30. The maximum atomic E-state index is 5.75. The number of hydrogen-bond donors (Lipinski definition) is 1. The topological polar surface area (TPSA) is 43.4 Å². The molecule has 102 valence electrons. The van der Waals surface area contributed by atoms with Crippen molar-refractivity contribution in [3.8, 4) is 5.88 Å². The summed E-state index contributed by atoms with van der Waals surface area (Å²) in [4.78, 5) is 4.38. The molecule has 0 amide bonds. The molecule has 0 spiro atoms. The van der Waals surface area contributed by atoms with E-state index in [4.69, 9.17) is 9.47 Å². The Morgan fingerprint density at radius 3 is 2.78 bits per heavy atom. The smallest absolute Gasteiger partial charge is 0.214 e. The van der Waals surface area contributed by atoms with Gasteiger partial charge in [-0.1, -0.05) is 6.92 Å². The van der Waals surface area contributed by atoms with Crippen LogP contribution in [0, 0.1) is 6.92 Å². The van der Waals surface area contributed by atoms with Crippen LogP contribution in [0.5, 0.6) is 5.88 Å². The van der Waals surface area contributed by atoms with E-state index in [0.29, 0.717) is 19.1 Å². The summed E-state index contributed by atoms with van der Waals surface area (Å²) in [6, 6.07) is 4.06. The van der Waals surface area contributed by atoms with E-state index in [1.54, 1.807) is 0 Å². The molecule has 1 N–H and O–H groups in total. The van der Waals surface area contributed by atoms with Crippen LogP contribution in [0.3, 0.4) is 0 Å². The van der Waals surface area contributed by atoms with Gasteiger partial charge in [-0.15, -0.1) is 0 Å². The van der Waals surface area contributed by atoms with Crippen molar-refractivity contribution in [2.45, 2.75) is 40.3 Å². The van der Waals surface area contributed by atoms with Crippen LogP contribution >= 0.6 is 0 Å². The Morgan fingerprint density at radius 1 is 1.33 bits per heavy atom. The van der Waals surface area contributed by atoms with E-state index in [2.05, 4.69) is 23.3 Å². The lowest BCUT2D eigenvalue weighted by Gasteiger charge is -2.15. The van der Waals surface area contributed by atoms with Crippen molar-refractivity contribution < 1.29 is 9.47 Å². The molecule has 0 aliphatic rings. The van der Waals surface area contributed by atoms with Gasteiger partial charge in [0.05, 0.1) is 6.61 Å². The predicted octanol–water partition coefficient (Wildman–Crippen LogP) is 2.30. The Hall–Kier alpha value is -1.13. The van der Waals surface area contributed by atoms with Crippen molar-refractivity contribution in [3.05, 3.63) is 23.4 Å². The molecule has 0 aromatic carbocycles. The van der Waals surface area contributed by atoms with Crippen molar-refractivity contribution in [2.24, 2.45) is 0 Å². The lowest BCUT2D eigenvalue weighted by Crippen LogP contribution is -2.20. The summed E-state index contributed by atoms with van der Waals surface area (Å²) in [6.45, 7) is 11.1. The fourth-order valence-corrected chi connectivity index (χ4v) is 1.66. The molecule has 1 aromatic rings. The number of hydrogen-bond acceptors (Lipinski definition) is 4. The van der Waals surface area contributed by atoms with E-state index in [1.165, 1.54) is 5.56 Å². The first kappa shape index (κ1) is 14.9. The number of aromatic nitrogens is 1. The Labute approximate surface area is 110 Å². The standard InChI is InChI=1S/C14H24N2O2/c1-5-15-9-13-7-11(3)16-14(8-13)18-12(4)10-17-6-2/h7-8,12,15H,5-6,9-10H2,1-4H3. The third-order valence-corrected chi connectivity index (χ3v) is 2.45. The number of pyridine rings is 1. The third kappa shape index (κ3) is 5.47. The summed E-state index contributed by atoms with van der Waals surface area (Å²) < 4.78 is 11.1. The first-order valence-corrected chi connectivity index (χ1v) is 6.58. The fraction of sp³-hybridized carbons (Fsp3) is 0.643. The molecule has 4 heteroatoms. The molecule has 1 unspecified atom stereocenters. The Kier molecular flexibility index (Phi) is 6.68. The van der Waals surface area contributed by atoms with E-state index in [1.807, 2.05) is 26.8 Å². The molecule has 0 saturated heterocycles. The van der Waals surface area contributed by atoms with Gasteiger partial charge >= 0.3 is 0 Å². The summed E-state index contributed by atoms with van der Waals surface area (Å²) in [6.07, 6.45) is 0.0197. The van der Waals surface area contributed by atoms with Gasteiger partial charge in [0.2, 0.25) is 5.88 Å². The second-order valence-corrected chi connectivity index (χ2v) is 4.32. The Bertz CT molecular complexity index is 356. The van der Waals surface area contributed by atoms with Crippen LogP contribution in [0.4, 0.5) is 0 Å². The van der Waals surface area contributed by atoms with Gasteiger partial charge in [-0.2, -0.15) is 0 Å². The molecular weight excluding hydrogens is 228 g/mol. The van der Waals surface area contributed by atoms with Crippen molar-refractivity contribution in [1.82, 2.24) is 10.3 Å². The van der Waals surface area contributed by atoms with Gasteiger partial charge < -0.3 is 14.8 Å². The first-order valence-electron chi connectivity index (χ1n) is 6.58. The molecule has 0 fully saturated rings. The van der Waals surface area contributed by atoms with Gasteiger partial charge in [0.25, 0.3) is 0 Å². The average molecular weight is 252 g/mol. The maximum Gasteiger partial charge on any atom is 0.214 e. The van der Waals surface area contributed by atoms with Crippen molar-refractivity contribution in [2.75, 3.05) is 19.8 Å². The molecule has 1 heterocycles. The Morgan fingerprint density at radius 2 is 2.11 bits per heavy atom. The van der Waals surface area contributed by atoms with E-state index >= 15 is 0 Å². The number of aryl methyl sites for hydroxylation is 1. The minimum Gasteiger partial charge on any atom is -0.472 e. The first-order chi connectivity index (χ1) is 8.65. The van der Waals surface area contributed by atoms with Gasteiger partial charge in [0.15, 0.2) is 0 Å². The van der Waals surface area contributed by atoms with Crippen LogP contribution < -0.4 is 10.1 Å². The summed E-state index contributed by atoms with van der Waals surface area (Å²) in [5.41, 5.74) is 2.17. The molecule has 18 heavy (non-hydrogen) atoms. The largest absolute Gasteiger partial charge is 0.472 e. The maximum absolute atomic E-state index is 5.75. The molecule has 0 aliphatic carbocycles. The molecular formula is C14H24N2O2.